The quantitative estimate of drug-likeness (QED) is 0.530. The second kappa shape index (κ2) is 5.83. The number of nitrogens with zero attached hydrogens (tertiary/aromatic N) is 2. The van der Waals surface area contributed by atoms with Gasteiger partial charge in [-0.25, -0.2) is 0 Å². The van der Waals surface area contributed by atoms with Crippen molar-refractivity contribution in [2.75, 3.05) is 6.26 Å². The van der Waals surface area contributed by atoms with Crippen LogP contribution in [0.3, 0.4) is 0 Å². The van der Waals surface area contributed by atoms with Crippen LogP contribution in [-0.2, 0) is 0 Å². The number of thioether (sulfide) groups is 1. The summed E-state index contributed by atoms with van der Waals surface area (Å²) in [6, 6.07) is 14.0. The molecule has 2 nitrogen and oxygen atoms in total. The van der Waals surface area contributed by atoms with E-state index in [-0.39, 0.29) is 0 Å². The Bertz CT molecular complexity index is 562. The molecule has 0 radical (unpaired) electrons. The van der Waals surface area contributed by atoms with Crippen LogP contribution in [0.15, 0.2) is 57.6 Å². The Morgan fingerprint density at radius 2 is 1.67 bits per heavy atom. The zero-order valence-electron chi connectivity index (χ0n) is 10.8. The van der Waals surface area contributed by atoms with Gasteiger partial charge >= 0.3 is 0 Å². The molecule has 0 spiro atoms. The number of hydrogen-bond donors (Lipinski definition) is 0. The monoisotopic (exact) mass is 256 g/mol. The molecule has 2 rings (SSSR count). The van der Waals surface area contributed by atoms with Gasteiger partial charge in [0.2, 0.25) is 0 Å². The van der Waals surface area contributed by atoms with Gasteiger partial charge < -0.3 is 0 Å². The Hall–Kier alpha value is -1.61. The normalized spacial score (nSPS) is 11.1. The summed E-state index contributed by atoms with van der Waals surface area (Å²) in [7, 11) is 0. The molecule has 0 aliphatic rings. The molecule has 0 aromatic heterocycles. The van der Waals surface area contributed by atoms with Crippen LogP contribution in [0.5, 0.6) is 0 Å². The van der Waals surface area contributed by atoms with Crippen LogP contribution in [0, 0.1) is 13.8 Å². The predicted octanol–water partition coefficient (Wildman–Crippen LogP) is 5.44. The zero-order valence-corrected chi connectivity index (χ0v) is 11.7. The first-order chi connectivity index (χ1) is 8.70. The lowest BCUT2D eigenvalue weighted by Gasteiger charge is -2.07. The molecular formula is C15H16N2S. The first-order valence-electron chi connectivity index (χ1n) is 5.82. The van der Waals surface area contributed by atoms with Crippen LogP contribution in [0.1, 0.15) is 11.1 Å². The molecule has 0 aliphatic heterocycles. The van der Waals surface area contributed by atoms with E-state index in [1.807, 2.05) is 30.3 Å². The van der Waals surface area contributed by atoms with Crippen molar-refractivity contribution in [2.24, 2.45) is 10.2 Å². The van der Waals surface area contributed by atoms with Crippen LogP contribution in [0.4, 0.5) is 11.4 Å². The highest BCUT2D eigenvalue weighted by Crippen LogP contribution is 2.33. The summed E-state index contributed by atoms with van der Waals surface area (Å²) in [5, 5.41) is 8.65. The molecule has 0 N–H and O–H groups in total. The molecule has 3 heteroatoms. The molecule has 0 atom stereocenters. The summed E-state index contributed by atoms with van der Waals surface area (Å²) in [5.74, 6) is 0. The maximum absolute atomic E-state index is 4.37. The fourth-order valence-corrected chi connectivity index (χ4v) is 2.57. The summed E-state index contributed by atoms with van der Waals surface area (Å²) < 4.78 is 0. The van der Waals surface area contributed by atoms with Crippen molar-refractivity contribution >= 4 is 23.1 Å². The Balaban J connectivity index is 2.37. The molecule has 0 heterocycles. The lowest BCUT2D eigenvalue weighted by atomic mass is 10.1. The summed E-state index contributed by atoms with van der Waals surface area (Å²) >= 11 is 1.71. The van der Waals surface area contributed by atoms with Crippen molar-refractivity contribution in [3.63, 3.8) is 0 Å². The molecule has 92 valence electrons. The summed E-state index contributed by atoms with van der Waals surface area (Å²) in [6.07, 6.45) is 2.07. The van der Waals surface area contributed by atoms with Crippen molar-refractivity contribution in [1.82, 2.24) is 0 Å². The Kier molecular flexibility index (Phi) is 4.15. The van der Waals surface area contributed by atoms with Gasteiger partial charge in [0.15, 0.2) is 0 Å². The number of aryl methyl sites for hydroxylation is 2. The fourth-order valence-electron chi connectivity index (χ4n) is 1.88. The smallest absolute Gasteiger partial charge is 0.0997 e. The molecule has 0 saturated heterocycles. The molecule has 0 unspecified atom stereocenters. The van der Waals surface area contributed by atoms with Gasteiger partial charge in [-0.2, -0.15) is 5.11 Å². The average molecular weight is 256 g/mol. The number of rotatable bonds is 3. The van der Waals surface area contributed by atoms with Crippen LogP contribution in [0.2, 0.25) is 0 Å². The van der Waals surface area contributed by atoms with E-state index in [4.69, 9.17) is 0 Å². The van der Waals surface area contributed by atoms with E-state index in [1.54, 1.807) is 11.8 Å². The van der Waals surface area contributed by atoms with Crippen molar-refractivity contribution in [3.05, 3.63) is 53.6 Å². The summed E-state index contributed by atoms with van der Waals surface area (Å²) in [4.78, 5) is 1.19. The molecule has 0 amide bonds. The van der Waals surface area contributed by atoms with Crippen LogP contribution in [-0.4, -0.2) is 6.26 Å². The molecule has 0 aliphatic carbocycles. The SMILES string of the molecule is CSc1c(C)cc(C)cc1N=Nc1ccccc1. The fraction of sp³-hybridized carbons (Fsp3) is 0.200. The van der Waals surface area contributed by atoms with Crippen molar-refractivity contribution < 1.29 is 0 Å². The largest absolute Gasteiger partial charge is 0.151 e. The molecule has 0 bridgehead atoms. The molecule has 0 saturated carbocycles. The van der Waals surface area contributed by atoms with Gasteiger partial charge in [-0.1, -0.05) is 24.3 Å². The lowest BCUT2D eigenvalue weighted by molar-refractivity contribution is 1.16. The average Bonchev–Trinajstić information content (AvgIpc) is 2.37. The van der Waals surface area contributed by atoms with Gasteiger partial charge in [0, 0.05) is 4.90 Å². The maximum atomic E-state index is 4.37. The second-order valence-electron chi connectivity index (χ2n) is 4.17. The molecule has 18 heavy (non-hydrogen) atoms. The standard InChI is InChI=1S/C15H16N2S/c1-11-9-12(2)15(18-3)14(10-11)17-16-13-7-5-4-6-8-13/h4-10H,1-3H3. The third-order valence-electron chi connectivity index (χ3n) is 2.63. The highest BCUT2D eigenvalue weighted by Gasteiger charge is 2.05. The van der Waals surface area contributed by atoms with Crippen LogP contribution >= 0.6 is 11.8 Å². The predicted molar refractivity (Wildman–Crippen MR) is 78.3 cm³/mol. The first kappa shape index (κ1) is 12.8. The second-order valence-corrected chi connectivity index (χ2v) is 4.99. The van der Waals surface area contributed by atoms with Crippen molar-refractivity contribution in [2.45, 2.75) is 18.7 Å². The van der Waals surface area contributed by atoms with E-state index in [1.165, 1.54) is 16.0 Å². The van der Waals surface area contributed by atoms with Gasteiger partial charge in [-0.3, -0.25) is 0 Å². The first-order valence-corrected chi connectivity index (χ1v) is 7.05. The third kappa shape index (κ3) is 2.99. The van der Waals surface area contributed by atoms with E-state index < -0.39 is 0 Å². The Morgan fingerprint density at radius 1 is 0.944 bits per heavy atom. The van der Waals surface area contributed by atoms with E-state index in [0.717, 1.165) is 11.4 Å². The third-order valence-corrected chi connectivity index (χ3v) is 3.57. The highest BCUT2D eigenvalue weighted by molar-refractivity contribution is 7.98. The van der Waals surface area contributed by atoms with Crippen molar-refractivity contribution in [1.29, 1.82) is 0 Å². The molecule has 2 aromatic carbocycles. The summed E-state index contributed by atoms with van der Waals surface area (Å²) in [6.45, 7) is 4.19. The highest BCUT2D eigenvalue weighted by atomic mass is 32.2. The number of azo groups is 1. The van der Waals surface area contributed by atoms with Gasteiger partial charge in [0.25, 0.3) is 0 Å². The number of benzene rings is 2. The van der Waals surface area contributed by atoms with E-state index in [9.17, 15) is 0 Å². The van der Waals surface area contributed by atoms with Gasteiger partial charge in [-0.15, -0.1) is 16.9 Å². The molecule has 2 aromatic rings. The topological polar surface area (TPSA) is 24.7 Å². The minimum atomic E-state index is 0.878. The minimum absolute atomic E-state index is 0.878. The van der Waals surface area contributed by atoms with E-state index >= 15 is 0 Å². The molecule has 0 fully saturated rings. The van der Waals surface area contributed by atoms with Gasteiger partial charge in [0.05, 0.1) is 11.4 Å². The summed E-state index contributed by atoms with van der Waals surface area (Å²) in [5.41, 5.74) is 4.30. The van der Waals surface area contributed by atoms with E-state index in [0.29, 0.717) is 0 Å². The zero-order chi connectivity index (χ0) is 13.0. The number of hydrogen-bond acceptors (Lipinski definition) is 3. The Labute approximate surface area is 112 Å². The lowest BCUT2D eigenvalue weighted by Crippen LogP contribution is -1.82. The van der Waals surface area contributed by atoms with Crippen LogP contribution in [0.25, 0.3) is 0 Å². The van der Waals surface area contributed by atoms with Crippen LogP contribution < -0.4 is 0 Å². The Morgan fingerprint density at radius 3 is 2.33 bits per heavy atom. The maximum Gasteiger partial charge on any atom is 0.0997 e. The van der Waals surface area contributed by atoms with Gasteiger partial charge in [-0.05, 0) is 49.4 Å². The van der Waals surface area contributed by atoms with Crippen molar-refractivity contribution in [3.8, 4) is 0 Å². The minimum Gasteiger partial charge on any atom is -0.151 e. The van der Waals surface area contributed by atoms with Gasteiger partial charge in [0.1, 0.15) is 0 Å². The molecular weight excluding hydrogens is 240 g/mol. The van der Waals surface area contributed by atoms with E-state index in [2.05, 4.69) is 42.5 Å².